The summed E-state index contributed by atoms with van der Waals surface area (Å²) in [6, 6.07) is 9.89. The third-order valence-corrected chi connectivity index (χ3v) is 2.87. The lowest BCUT2D eigenvalue weighted by molar-refractivity contribution is -0.206. The first-order valence-electron chi connectivity index (χ1n) is 5.88. The molecule has 0 amide bonds. The SMILES string of the molecule is OC[C@@H]1C[C@H](OCc2ccccc2)CC(O)O1. The molecule has 1 unspecified atom stereocenters. The van der Waals surface area contributed by atoms with E-state index in [-0.39, 0.29) is 18.8 Å². The van der Waals surface area contributed by atoms with Crippen LogP contribution >= 0.6 is 0 Å². The molecule has 0 saturated carbocycles. The third kappa shape index (κ3) is 3.78. The fraction of sp³-hybridized carbons (Fsp3) is 0.538. The van der Waals surface area contributed by atoms with Crippen LogP contribution in [0.3, 0.4) is 0 Å². The number of rotatable bonds is 4. The fourth-order valence-electron chi connectivity index (χ4n) is 1.99. The van der Waals surface area contributed by atoms with Crippen molar-refractivity contribution in [1.29, 1.82) is 0 Å². The zero-order valence-electron chi connectivity index (χ0n) is 9.66. The van der Waals surface area contributed by atoms with Gasteiger partial charge in [0.2, 0.25) is 0 Å². The van der Waals surface area contributed by atoms with E-state index >= 15 is 0 Å². The van der Waals surface area contributed by atoms with Gasteiger partial charge in [0.25, 0.3) is 0 Å². The quantitative estimate of drug-likeness (QED) is 0.823. The summed E-state index contributed by atoms with van der Waals surface area (Å²) in [5, 5.41) is 18.5. The molecule has 1 aliphatic rings. The van der Waals surface area contributed by atoms with Crippen molar-refractivity contribution < 1.29 is 19.7 Å². The van der Waals surface area contributed by atoms with Crippen LogP contribution in [0.2, 0.25) is 0 Å². The first-order chi connectivity index (χ1) is 8.28. The smallest absolute Gasteiger partial charge is 0.157 e. The van der Waals surface area contributed by atoms with Crippen LogP contribution in [-0.4, -0.2) is 35.3 Å². The fourth-order valence-corrected chi connectivity index (χ4v) is 1.99. The topological polar surface area (TPSA) is 58.9 Å². The number of ether oxygens (including phenoxy) is 2. The maximum absolute atomic E-state index is 9.46. The van der Waals surface area contributed by atoms with E-state index in [0.717, 1.165) is 5.56 Å². The summed E-state index contributed by atoms with van der Waals surface area (Å²) < 4.78 is 10.9. The summed E-state index contributed by atoms with van der Waals surface area (Å²) in [5.41, 5.74) is 1.11. The van der Waals surface area contributed by atoms with E-state index < -0.39 is 6.29 Å². The number of hydrogen-bond donors (Lipinski definition) is 2. The highest BCUT2D eigenvalue weighted by atomic mass is 16.6. The minimum Gasteiger partial charge on any atom is -0.394 e. The Kier molecular flexibility index (Phi) is 4.50. The lowest BCUT2D eigenvalue weighted by Gasteiger charge is -2.31. The Morgan fingerprint density at radius 2 is 2.00 bits per heavy atom. The summed E-state index contributed by atoms with van der Waals surface area (Å²) in [6.07, 6.45) is -0.124. The zero-order valence-corrected chi connectivity index (χ0v) is 9.66. The van der Waals surface area contributed by atoms with Crippen molar-refractivity contribution in [2.45, 2.75) is 37.9 Å². The molecule has 2 N–H and O–H groups in total. The van der Waals surface area contributed by atoms with Gasteiger partial charge in [-0.2, -0.15) is 0 Å². The number of aliphatic hydroxyl groups is 2. The van der Waals surface area contributed by atoms with Crippen LogP contribution in [0.1, 0.15) is 18.4 Å². The molecule has 3 atom stereocenters. The highest BCUT2D eigenvalue weighted by Gasteiger charge is 2.28. The number of aliphatic hydroxyl groups excluding tert-OH is 2. The van der Waals surface area contributed by atoms with Crippen molar-refractivity contribution >= 4 is 0 Å². The Morgan fingerprint density at radius 3 is 2.71 bits per heavy atom. The van der Waals surface area contributed by atoms with Gasteiger partial charge in [-0.25, -0.2) is 0 Å². The van der Waals surface area contributed by atoms with Crippen molar-refractivity contribution in [2.75, 3.05) is 6.61 Å². The Balaban J connectivity index is 1.82. The molecule has 1 heterocycles. The average Bonchev–Trinajstić information content (AvgIpc) is 2.37. The van der Waals surface area contributed by atoms with Crippen LogP contribution in [0, 0.1) is 0 Å². The minimum atomic E-state index is -0.832. The first-order valence-corrected chi connectivity index (χ1v) is 5.88. The summed E-state index contributed by atoms with van der Waals surface area (Å²) >= 11 is 0. The lowest BCUT2D eigenvalue weighted by Crippen LogP contribution is -2.38. The average molecular weight is 238 g/mol. The molecule has 94 valence electrons. The zero-order chi connectivity index (χ0) is 12.1. The summed E-state index contributed by atoms with van der Waals surface area (Å²) in [6.45, 7) is 0.443. The molecule has 1 aliphatic heterocycles. The Hall–Kier alpha value is -0.940. The van der Waals surface area contributed by atoms with Gasteiger partial charge in [0.05, 0.1) is 25.4 Å². The molecule has 0 bridgehead atoms. The van der Waals surface area contributed by atoms with Gasteiger partial charge in [0, 0.05) is 12.8 Å². The highest BCUT2D eigenvalue weighted by molar-refractivity contribution is 5.13. The molecular weight excluding hydrogens is 220 g/mol. The van der Waals surface area contributed by atoms with Crippen molar-refractivity contribution in [3.63, 3.8) is 0 Å². The summed E-state index contributed by atoms with van der Waals surface area (Å²) in [7, 11) is 0. The van der Waals surface area contributed by atoms with Gasteiger partial charge in [0.1, 0.15) is 0 Å². The van der Waals surface area contributed by atoms with E-state index in [1.54, 1.807) is 0 Å². The Labute approximate surface area is 101 Å². The Bertz CT molecular complexity index is 327. The second-order valence-electron chi connectivity index (χ2n) is 4.29. The molecule has 1 fully saturated rings. The van der Waals surface area contributed by atoms with E-state index in [2.05, 4.69) is 0 Å². The molecule has 0 aromatic heterocycles. The van der Waals surface area contributed by atoms with Gasteiger partial charge in [0.15, 0.2) is 6.29 Å². The van der Waals surface area contributed by atoms with Gasteiger partial charge >= 0.3 is 0 Å². The number of hydrogen-bond acceptors (Lipinski definition) is 4. The van der Waals surface area contributed by atoms with Crippen molar-refractivity contribution in [1.82, 2.24) is 0 Å². The van der Waals surface area contributed by atoms with E-state index in [9.17, 15) is 5.11 Å². The molecule has 0 radical (unpaired) electrons. The molecule has 1 aromatic rings. The van der Waals surface area contributed by atoms with E-state index in [0.29, 0.717) is 19.4 Å². The third-order valence-electron chi connectivity index (χ3n) is 2.87. The molecule has 0 spiro atoms. The first kappa shape index (κ1) is 12.5. The van der Waals surface area contributed by atoms with Crippen LogP contribution in [0.25, 0.3) is 0 Å². The van der Waals surface area contributed by atoms with E-state index in [1.807, 2.05) is 30.3 Å². The second-order valence-corrected chi connectivity index (χ2v) is 4.29. The monoisotopic (exact) mass is 238 g/mol. The van der Waals surface area contributed by atoms with Gasteiger partial charge in [-0.15, -0.1) is 0 Å². The minimum absolute atomic E-state index is 0.0592. The van der Waals surface area contributed by atoms with Gasteiger partial charge in [-0.05, 0) is 5.56 Å². The van der Waals surface area contributed by atoms with Crippen molar-refractivity contribution in [3.8, 4) is 0 Å². The van der Waals surface area contributed by atoms with Gasteiger partial charge < -0.3 is 19.7 Å². The van der Waals surface area contributed by atoms with Gasteiger partial charge in [-0.1, -0.05) is 30.3 Å². The van der Waals surface area contributed by atoms with Gasteiger partial charge in [-0.3, -0.25) is 0 Å². The van der Waals surface area contributed by atoms with Crippen LogP contribution in [0.5, 0.6) is 0 Å². The highest BCUT2D eigenvalue weighted by Crippen LogP contribution is 2.21. The maximum Gasteiger partial charge on any atom is 0.157 e. The lowest BCUT2D eigenvalue weighted by atomic mass is 10.1. The van der Waals surface area contributed by atoms with Crippen LogP contribution in [-0.2, 0) is 16.1 Å². The molecule has 4 heteroatoms. The van der Waals surface area contributed by atoms with Crippen LogP contribution in [0.15, 0.2) is 30.3 Å². The van der Waals surface area contributed by atoms with Crippen LogP contribution < -0.4 is 0 Å². The maximum atomic E-state index is 9.46. The standard InChI is InChI=1S/C13H18O4/c14-8-12-6-11(7-13(15)17-12)16-9-10-4-2-1-3-5-10/h1-5,11-15H,6-9H2/t11-,12-,13?/m0/s1. The molecule has 4 nitrogen and oxygen atoms in total. The molecular formula is C13H18O4. The molecule has 1 saturated heterocycles. The summed E-state index contributed by atoms with van der Waals surface area (Å²) in [4.78, 5) is 0. The molecule has 17 heavy (non-hydrogen) atoms. The predicted octanol–water partition coefficient (Wildman–Crippen LogP) is 1.06. The normalized spacial score (nSPS) is 29.2. The molecule has 2 rings (SSSR count). The Morgan fingerprint density at radius 1 is 1.24 bits per heavy atom. The van der Waals surface area contributed by atoms with E-state index in [4.69, 9.17) is 14.6 Å². The summed E-state index contributed by atoms with van der Waals surface area (Å²) in [5.74, 6) is 0. The van der Waals surface area contributed by atoms with Crippen molar-refractivity contribution in [3.05, 3.63) is 35.9 Å². The largest absolute Gasteiger partial charge is 0.394 e. The van der Waals surface area contributed by atoms with Crippen LogP contribution in [0.4, 0.5) is 0 Å². The van der Waals surface area contributed by atoms with E-state index in [1.165, 1.54) is 0 Å². The molecule has 1 aromatic carbocycles. The molecule has 0 aliphatic carbocycles. The predicted molar refractivity (Wildman–Crippen MR) is 62.2 cm³/mol. The number of benzene rings is 1. The second kappa shape index (κ2) is 6.12. The van der Waals surface area contributed by atoms with Crippen molar-refractivity contribution in [2.24, 2.45) is 0 Å².